The molecule has 2 heterocycles. The lowest BCUT2D eigenvalue weighted by atomic mass is 10.1. The molecule has 0 aliphatic heterocycles. The van der Waals surface area contributed by atoms with Gasteiger partial charge in [0.15, 0.2) is 5.82 Å². The molecule has 0 saturated carbocycles. The normalized spacial score (nSPS) is 10.9. The van der Waals surface area contributed by atoms with E-state index in [9.17, 15) is 14.7 Å². The largest absolute Gasteiger partial charge is 0.463 e. The van der Waals surface area contributed by atoms with Gasteiger partial charge in [-0.25, -0.2) is 14.8 Å². The van der Waals surface area contributed by atoms with Gasteiger partial charge in [-0.2, -0.15) is 9.78 Å². The molecule has 3 aromatic carbocycles. The lowest BCUT2D eigenvalue weighted by Gasteiger charge is -2.12. The van der Waals surface area contributed by atoms with Crippen molar-refractivity contribution in [1.29, 1.82) is 0 Å². The van der Waals surface area contributed by atoms with E-state index in [-0.39, 0.29) is 0 Å². The minimum absolute atomic E-state index is 0.407. The number of anilines is 2. The van der Waals surface area contributed by atoms with Crippen molar-refractivity contribution in [3.63, 3.8) is 0 Å². The van der Waals surface area contributed by atoms with Gasteiger partial charge < -0.3 is 15.2 Å². The molecule has 9 heteroatoms. The Labute approximate surface area is 187 Å². The van der Waals surface area contributed by atoms with E-state index in [2.05, 4.69) is 15.4 Å². The lowest BCUT2D eigenvalue weighted by Crippen LogP contribution is -2.08. The number of benzene rings is 3. The maximum Gasteiger partial charge on any atom is 0.432 e. The summed E-state index contributed by atoms with van der Waals surface area (Å²) in [6.45, 7) is 1.35. The second kappa shape index (κ2) is 8.04. The van der Waals surface area contributed by atoms with Crippen LogP contribution in [0.4, 0.5) is 16.3 Å². The van der Waals surface area contributed by atoms with Crippen LogP contribution in [0, 0.1) is 0 Å². The summed E-state index contributed by atoms with van der Waals surface area (Å²) in [5.41, 5.74) is 2.64. The molecule has 2 N–H and O–H groups in total. The molecular weight excluding hydrogens is 422 g/mol. The van der Waals surface area contributed by atoms with Crippen LogP contribution >= 0.6 is 0 Å². The first-order valence-electron chi connectivity index (χ1n) is 10.0. The van der Waals surface area contributed by atoms with E-state index in [1.807, 2.05) is 30.3 Å². The third-order valence-corrected chi connectivity index (χ3v) is 4.97. The number of hydrogen-bond acceptors (Lipinski definition) is 7. The maximum absolute atomic E-state index is 11.3. The monoisotopic (exact) mass is 439 g/mol. The molecule has 162 valence electrons. The molecule has 0 unspecified atom stereocenters. The van der Waals surface area contributed by atoms with Gasteiger partial charge in [-0.15, -0.1) is 0 Å². The molecule has 2 aromatic heterocycles. The number of fused-ring (bicyclic) bond motifs is 2. The molecule has 0 atom stereocenters. The van der Waals surface area contributed by atoms with Crippen molar-refractivity contribution < 1.29 is 19.4 Å². The van der Waals surface area contributed by atoms with Gasteiger partial charge in [-0.1, -0.05) is 24.3 Å². The molecule has 5 aromatic rings. The molecule has 0 saturated heterocycles. The van der Waals surface area contributed by atoms with Crippen molar-refractivity contribution in [1.82, 2.24) is 19.7 Å². The average molecular weight is 439 g/mol. The van der Waals surface area contributed by atoms with E-state index < -0.39 is 12.1 Å². The third kappa shape index (κ3) is 3.94. The Morgan fingerprint density at radius 3 is 2.67 bits per heavy atom. The zero-order valence-electron chi connectivity index (χ0n) is 17.4. The van der Waals surface area contributed by atoms with E-state index in [0.29, 0.717) is 33.9 Å². The van der Waals surface area contributed by atoms with Crippen molar-refractivity contribution in [3.8, 4) is 17.1 Å². The zero-order chi connectivity index (χ0) is 22.9. The fraction of sp³-hybridized carbons (Fsp3) is 0.0417. The Balaban J connectivity index is 1.58. The van der Waals surface area contributed by atoms with E-state index in [1.165, 1.54) is 13.1 Å². The second-order valence-electron chi connectivity index (χ2n) is 7.27. The fourth-order valence-electron chi connectivity index (χ4n) is 3.57. The van der Waals surface area contributed by atoms with Gasteiger partial charge in [0.25, 0.3) is 0 Å². The summed E-state index contributed by atoms with van der Waals surface area (Å²) in [4.78, 5) is 32.0. The Bertz CT molecular complexity index is 1540. The quantitative estimate of drug-likeness (QED) is 0.302. The molecule has 0 amide bonds. The van der Waals surface area contributed by atoms with Gasteiger partial charge >= 0.3 is 12.1 Å². The van der Waals surface area contributed by atoms with Crippen LogP contribution in [0.15, 0.2) is 72.9 Å². The van der Waals surface area contributed by atoms with Crippen molar-refractivity contribution in [2.75, 3.05) is 5.32 Å². The van der Waals surface area contributed by atoms with E-state index >= 15 is 0 Å². The first kappa shape index (κ1) is 20.1. The van der Waals surface area contributed by atoms with Gasteiger partial charge in [0, 0.05) is 28.9 Å². The highest BCUT2D eigenvalue weighted by atomic mass is 16.5. The highest BCUT2D eigenvalue weighted by molar-refractivity contribution is 5.94. The van der Waals surface area contributed by atoms with Crippen LogP contribution in [0.3, 0.4) is 0 Å². The Kier molecular flexibility index (Phi) is 4.91. The number of ether oxygens (including phenoxy) is 1. The first-order valence-corrected chi connectivity index (χ1v) is 10.0. The van der Waals surface area contributed by atoms with Crippen molar-refractivity contribution in [3.05, 3.63) is 72.9 Å². The van der Waals surface area contributed by atoms with Crippen LogP contribution in [-0.4, -0.2) is 36.9 Å². The van der Waals surface area contributed by atoms with E-state index in [1.54, 1.807) is 36.4 Å². The van der Waals surface area contributed by atoms with Crippen molar-refractivity contribution in [2.45, 2.75) is 6.92 Å². The second-order valence-corrected chi connectivity index (χ2v) is 7.27. The number of para-hydroxylation sites is 1. The van der Waals surface area contributed by atoms with Crippen molar-refractivity contribution >= 4 is 45.4 Å². The standard InChI is InChI=1S/C24H17N5O4/c1-14(30)33-18-6-4-5-15(12-18)22-27-20-8-3-2-7-19(20)23(28-22)26-17-9-10-21-16(11-17)13-25-29(21)24(31)32/h2-13H,1H3,(H,31,32)(H,26,27,28). The van der Waals surface area contributed by atoms with Crippen LogP contribution in [0.2, 0.25) is 0 Å². The zero-order valence-corrected chi connectivity index (χ0v) is 17.4. The highest BCUT2D eigenvalue weighted by Gasteiger charge is 2.13. The van der Waals surface area contributed by atoms with Crippen LogP contribution in [0.25, 0.3) is 33.2 Å². The number of esters is 1. The minimum atomic E-state index is -1.15. The number of hydrogen-bond donors (Lipinski definition) is 2. The maximum atomic E-state index is 11.3. The molecule has 0 bridgehead atoms. The minimum Gasteiger partial charge on any atom is -0.463 e. The van der Waals surface area contributed by atoms with Crippen LogP contribution in [0.1, 0.15) is 6.92 Å². The topological polar surface area (TPSA) is 119 Å². The fourth-order valence-corrected chi connectivity index (χ4v) is 3.57. The number of aromatic nitrogens is 4. The van der Waals surface area contributed by atoms with Gasteiger partial charge in [0.05, 0.1) is 17.2 Å². The molecule has 33 heavy (non-hydrogen) atoms. The summed E-state index contributed by atoms with van der Waals surface area (Å²) >= 11 is 0. The number of carboxylic acid groups (broad SMARTS) is 1. The Morgan fingerprint density at radius 2 is 1.85 bits per heavy atom. The van der Waals surface area contributed by atoms with Crippen molar-refractivity contribution in [2.24, 2.45) is 0 Å². The number of nitrogens with zero attached hydrogens (tertiary/aromatic N) is 4. The van der Waals surface area contributed by atoms with Crippen LogP contribution in [0.5, 0.6) is 5.75 Å². The first-order chi connectivity index (χ1) is 16.0. The predicted octanol–water partition coefficient (Wildman–Crippen LogP) is 4.84. The van der Waals surface area contributed by atoms with Crippen LogP contribution in [-0.2, 0) is 4.79 Å². The molecule has 0 aliphatic rings. The summed E-state index contributed by atoms with van der Waals surface area (Å²) in [7, 11) is 0. The van der Waals surface area contributed by atoms with Crippen LogP contribution < -0.4 is 10.1 Å². The number of carbonyl (C=O) groups excluding carboxylic acids is 1. The Hall–Kier alpha value is -4.79. The van der Waals surface area contributed by atoms with Gasteiger partial charge in [0.1, 0.15) is 11.6 Å². The molecule has 0 radical (unpaired) electrons. The molecule has 5 rings (SSSR count). The number of rotatable bonds is 4. The number of carbonyl (C=O) groups is 2. The molecular formula is C24H17N5O4. The Morgan fingerprint density at radius 1 is 1.00 bits per heavy atom. The predicted molar refractivity (Wildman–Crippen MR) is 123 cm³/mol. The van der Waals surface area contributed by atoms with Gasteiger partial charge in [-0.05, 0) is 42.5 Å². The third-order valence-electron chi connectivity index (χ3n) is 4.97. The molecule has 0 fully saturated rings. The number of nitrogens with one attached hydrogen (secondary N) is 1. The SMILES string of the molecule is CC(=O)Oc1cccc(-c2nc(Nc3ccc4c(cnn4C(=O)O)c3)c3ccccc3n2)c1. The summed E-state index contributed by atoms with van der Waals surface area (Å²) in [5.74, 6) is 1.05. The van der Waals surface area contributed by atoms with Gasteiger partial charge in [-0.3, -0.25) is 4.79 Å². The molecule has 0 spiro atoms. The summed E-state index contributed by atoms with van der Waals surface area (Å²) in [5, 5.41) is 18.0. The van der Waals surface area contributed by atoms with E-state index in [0.717, 1.165) is 21.3 Å². The molecule has 9 nitrogen and oxygen atoms in total. The summed E-state index contributed by atoms with van der Waals surface area (Å²) < 4.78 is 6.11. The lowest BCUT2D eigenvalue weighted by molar-refractivity contribution is -0.131. The summed E-state index contributed by atoms with van der Waals surface area (Å²) in [6, 6.07) is 19.9. The average Bonchev–Trinajstić information content (AvgIpc) is 3.22. The van der Waals surface area contributed by atoms with E-state index in [4.69, 9.17) is 9.72 Å². The molecule has 0 aliphatic carbocycles. The highest BCUT2D eigenvalue weighted by Crippen LogP contribution is 2.30. The van der Waals surface area contributed by atoms with Gasteiger partial charge in [0.2, 0.25) is 0 Å². The smallest absolute Gasteiger partial charge is 0.432 e. The summed E-state index contributed by atoms with van der Waals surface area (Å²) in [6.07, 6.45) is 0.353.